The smallest absolute Gasteiger partial charge is 0.220 e. The molecule has 13 heavy (non-hydrogen) atoms. The minimum atomic E-state index is 0.212. The van der Waals surface area contributed by atoms with Crippen molar-refractivity contribution < 1.29 is 0 Å². The molecule has 0 atom stereocenters. The van der Waals surface area contributed by atoms with E-state index in [-0.39, 0.29) is 12.4 Å². The van der Waals surface area contributed by atoms with Gasteiger partial charge in [0.25, 0.3) is 0 Å². The Morgan fingerprint density at radius 1 is 1.62 bits per heavy atom. The van der Waals surface area contributed by atoms with E-state index in [4.69, 9.17) is 11.0 Å². The van der Waals surface area contributed by atoms with Crippen molar-refractivity contribution in [2.24, 2.45) is 0 Å². The first kappa shape index (κ1) is 9.02. The molecule has 1 rings (SSSR count). The van der Waals surface area contributed by atoms with Gasteiger partial charge in [-0.2, -0.15) is 5.26 Å². The zero-order valence-electron chi connectivity index (χ0n) is 7.20. The molecule has 2 N–H and O–H groups in total. The SMILES string of the molecule is Cc1nc(N)ncc1C#CCC#N. The number of hydrogen-bond acceptors (Lipinski definition) is 4. The minimum Gasteiger partial charge on any atom is -0.368 e. The van der Waals surface area contributed by atoms with Crippen LogP contribution in [0, 0.1) is 30.1 Å². The summed E-state index contributed by atoms with van der Waals surface area (Å²) in [4.78, 5) is 7.73. The predicted octanol–water partition coefficient (Wildman–Crippen LogP) is 0.632. The van der Waals surface area contributed by atoms with Gasteiger partial charge in [-0.1, -0.05) is 11.8 Å². The average Bonchev–Trinajstić information content (AvgIpc) is 2.09. The lowest BCUT2D eigenvalue weighted by Gasteiger charge is -1.96. The summed E-state index contributed by atoms with van der Waals surface area (Å²) >= 11 is 0. The highest BCUT2D eigenvalue weighted by Gasteiger charge is 1.96. The van der Waals surface area contributed by atoms with Gasteiger partial charge in [0.05, 0.1) is 23.7 Å². The fraction of sp³-hybridized carbons (Fsp3) is 0.222. The second-order valence-electron chi connectivity index (χ2n) is 2.36. The van der Waals surface area contributed by atoms with Crippen LogP contribution in [0.4, 0.5) is 5.95 Å². The Labute approximate surface area is 76.4 Å². The molecule has 0 bridgehead atoms. The third kappa shape index (κ3) is 2.46. The molecule has 0 saturated heterocycles. The Hall–Kier alpha value is -2.07. The summed E-state index contributed by atoms with van der Waals surface area (Å²) in [6.07, 6.45) is 1.77. The van der Waals surface area contributed by atoms with Gasteiger partial charge in [-0.25, -0.2) is 9.97 Å². The van der Waals surface area contributed by atoms with E-state index in [1.54, 1.807) is 13.1 Å². The highest BCUT2D eigenvalue weighted by Crippen LogP contribution is 2.02. The highest BCUT2D eigenvalue weighted by molar-refractivity contribution is 5.38. The topological polar surface area (TPSA) is 75.6 Å². The summed E-state index contributed by atoms with van der Waals surface area (Å²) in [5.41, 5.74) is 6.81. The van der Waals surface area contributed by atoms with Crippen LogP contribution in [-0.4, -0.2) is 9.97 Å². The van der Waals surface area contributed by atoms with E-state index in [2.05, 4.69) is 21.8 Å². The lowest BCUT2D eigenvalue weighted by atomic mass is 10.2. The third-order valence-electron chi connectivity index (χ3n) is 1.39. The Bertz CT molecular complexity index is 406. The summed E-state index contributed by atoms with van der Waals surface area (Å²) in [5.74, 6) is 5.71. The van der Waals surface area contributed by atoms with Gasteiger partial charge in [0.15, 0.2) is 0 Å². The Morgan fingerprint density at radius 3 is 3.00 bits per heavy atom. The van der Waals surface area contributed by atoms with Crippen LogP contribution in [0.5, 0.6) is 0 Å². The molecular formula is C9H8N4. The number of aryl methyl sites for hydroxylation is 1. The van der Waals surface area contributed by atoms with Gasteiger partial charge in [-0.15, -0.1) is 0 Å². The lowest BCUT2D eigenvalue weighted by molar-refractivity contribution is 1.10. The molecule has 4 nitrogen and oxygen atoms in total. The van der Waals surface area contributed by atoms with Crippen molar-refractivity contribution in [3.8, 4) is 17.9 Å². The summed E-state index contributed by atoms with van der Waals surface area (Å²) in [5, 5.41) is 8.25. The average molecular weight is 172 g/mol. The maximum absolute atomic E-state index is 8.25. The van der Waals surface area contributed by atoms with E-state index in [1.807, 2.05) is 6.07 Å². The van der Waals surface area contributed by atoms with E-state index in [0.29, 0.717) is 5.56 Å². The predicted molar refractivity (Wildman–Crippen MR) is 48.3 cm³/mol. The molecule has 0 aliphatic heterocycles. The third-order valence-corrected chi connectivity index (χ3v) is 1.39. The number of anilines is 1. The van der Waals surface area contributed by atoms with Crippen molar-refractivity contribution >= 4 is 5.95 Å². The van der Waals surface area contributed by atoms with Crippen LogP contribution in [0.25, 0.3) is 0 Å². The monoisotopic (exact) mass is 172 g/mol. The van der Waals surface area contributed by atoms with Crippen LogP contribution in [0.15, 0.2) is 6.20 Å². The van der Waals surface area contributed by atoms with Gasteiger partial charge in [0.2, 0.25) is 5.95 Å². The molecule has 4 heteroatoms. The van der Waals surface area contributed by atoms with E-state index in [0.717, 1.165) is 5.69 Å². The summed E-state index contributed by atoms with van der Waals surface area (Å²) < 4.78 is 0. The molecule has 0 fully saturated rings. The number of nitrogens with zero attached hydrogens (tertiary/aromatic N) is 3. The van der Waals surface area contributed by atoms with Crippen LogP contribution in [0.3, 0.4) is 0 Å². The number of nitrogens with two attached hydrogens (primary N) is 1. The largest absolute Gasteiger partial charge is 0.368 e. The first-order valence-corrected chi connectivity index (χ1v) is 3.69. The van der Waals surface area contributed by atoms with E-state index in [9.17, 15) is 0 Å². The fourth-order valence-electron chi connectivity index (χ4n) is 0.787. The van der Waals surface area contributed by atoms with Gasteiger partial charge in [-0.05, 0) is 6.92 Å². The maximum Gasteiger partial charge on any atom is 0.220 e. The molecule has 0 aromatic carbocycles. The van der Waals surface area contributed by atoms with Gasteiger partial charge < -0.3 is 5.73 Å². The van der Waals surface area contributed by atoms with Crippen molar-refractivity contribution in [1.82, 2.24) is 9.97 Å². The van der Waals surface area contributed by atoms with E-state index >= 15 is 0 Å². The summed E-state index contributed by atoms with van der Waals surface area (Å²) in [6, 6.07) is 1.93. The van der Waals surface area contributed by atoms with Crippen LogP contribution < -0.4 is 5.73 Å². The molecule has 0 spiro atoms. The molecule has 1 heterocycles. The minimum absolute atomic E-state index is 0.212. The van der Waals surface area contributed by atoms with Crippen molar-refractivity contribution in [3.63, 3.8) is 0 Å². The molecule has 0 radical (unpaired) electrons. The molecular weight excluding hydrogens is 164 g/mol. The molecule has 1 aromatic rings. The number of aromatic nitrogens is 2. The summed E-state index contributed by atoms with van der Waals surface area (Å²) in [6.45, 7) is 1.80. The Balaban J connectivity index is 2.93. The van der Waals surface area contributed by atoms with Crippen molar-refractivity contribution in [2.45, 2.75) is 13.3 Å². The first-order valence-electron chi connectivity index (χ1n) is 3.69. The molecule has 0 saturated carbocycles. The number of rotatable bonds is 0. The van der Waals surface area contributed by atoms with Gasteiger partial charge in [0, 0.05) is 6.20 Å². The van der Waals surface area contributed by atoms with Gasteiger partial charge >= 0.3 is 0 Å². The molecule has 64 valence electrons. The summed E-state index contributed by atoms with van der Waals surface area (Å²) in [7, 11) is 0. The standard InChI is InChI=1S/C9H8N4/c1-7-8(4-2-3-5-10)6-12-9(11)13-7/h6H,3H2,1H3,(H2,11,12,13). The second kappa shape index (κ2) is 4.08. The second-order valence-corrected chi connectivity index (χ2v) is 2.36. The lowest BCUT2D eigenvalue weighted by Crippen LogP contribution is -1.97. The van der Waals surface area contributed by atoms with Crippen molar-refractivity contribution in [1.29, 1.82) is 5.26 Å². The number of nitriles is 1. The fourth-order valence-corrected chi connectivity index (χ4v) is 0.787. The highest BCUT2D eigenvalue weighted by atomic mass is 15.0. The van der Waals surface area contributed by atoms with Gasteiger partial charge in [0.1, 0.15) is 0 Å². The quantitative estimate of drug-likeness (QED) is 0.582. The van der Waals surface area contributed by atoms with Gasteiger partial charge in [-0.3, -0.25) is 0 Å². The zero-order chi connectivity index (χ0) is 9.68. The Morgan fingerprint density at radius 2 is 2.38 bits per heavy atom. The van der Waals surface area contributed by atoms with Crippen molar-refractivity contribution in [2.75, 3.05) is 5.73 Å². The number of hydrogen-bond donors (Lipinski definition) is 1. The van der Waals surface area contributed by atoms with Crippen LogP contribution >= 0.6 is 0 Å². The van der Waals surface area contributed by atoms with Crippen LogP contribution in [0.2, 0.25) is 0 Å². The molecule has 0 aliphatic carbocycles. The zero-order valence-corrected chi connectivity index (χ0v) is 7.20. The van der Waals surface area contributed by atoms with Crippen molar-refractivity contribution in [3.05, 3.63) is 17.5 Å². The number of nitrogen functional groups attached to an aromatic ring is 1. The van der Waals surface area contributed by atoms with E-state index < -0.39 is 0 Å². The maximum atomic E-state index is 8.25. The normalized spacial score (nSPS) is 8.31. The molecule has 0 aliphatic rings. The van der Waals surface area contributed by atoms with E-state index in [1.165, 1.54) is 0 Å². The van der Waals surface area contributed by atoms with Crippen LogP contribution in [-0.2, 0) is 0 Å². The molecule has 0 unspecified atom stereocenters. The first-order chi connectivity index (χ1) is 6.24. The van der Waals surface area contributed by atoms with Crippen LogP contribution in [0.1, 0.15) is 17.7 Å². The molecule has 0 amide bonds. The molecule has 1 aromatic heterocycles. The Kier molecular flexibility index (Phi) is 2.83.